The van der Waals surface area contributed by atoms with Crippen molar-refractivity contribution in [2.45, 2.75) is 6.42 Å². The first-order valence-corrected chi connectivity index (χ1v) is 8.12. The van der Waals surface area contributed by atoms with Crippen molar-refractivity contribution in [2.75, 3.05) is 0 Å². The fraction of sp³-hybridized carbons (Fsp3) is 0.0476. The van der Waals surface area contributed by atoms with Crippen LogP contribution in [0, 0.1) is 5.41 Å². The summed E-state index contributed by atoms with van der Waals surface area (Å²) in [6, 6.07) is 27.4. The predicted molar refractivity (Wildman–Crippen MR) is 101 cm³/mol. The minimum Gasteiger partial charge on any atom is -0.282 e. The second kappa shape index (κ2) is 7.71. The molecule has 0 aromatic heterocycles. The molecule has 0 radical (unpaired) electrons. The number of amidine groups is 1. The van der Waals surface area contributed by atoms with Crippen LogP contribution in [0.25, 0.3) is 0 Å². The zero-order valence-electron chi connectivity index (χ0n) is 13.1. The molecule has 0 atom stereocenters. The number of nitrogens with zero attached hydrogens (tertiary/aromatic N) is 1. The van der Waals surface area contributed by atoms with Crippen LogP contribution in [0.2, 0.25) is 5.02 Å². The Hall–Kier alpha value is -2.71. The molecular formula is C21H17ClN2. The number of hydrogen-bond donors (Lipinski definition) is 1. The molecular weight excluding hydrogens is 316 g/mol. The molecule has 3 rings (SSSR count). The van der Waals surface area contributed by atoms with Gasteiger partial charge in [0.05, 0.1) is 10.7 Å². The first-order valence-electron chi connectivity index (χ1n) is 7.74. The first-order chi connectivity index (χ1) is 11.7. The van der Waals surface area contributed by atoms with Crippen LogP contribution in [0.1, 0.15) is 16.7 Å². The number of hydrogen-bond acceptors (Lipinski definition) is 1. The van der Waals surface area contributed by atoms with Gasteiger partial charge in [0, 0.05) is 12.0 Å². The lowest BCUT2D eigenvalue weighted by atomic mass is 10.0. The van der Waals surface area contributed by atoms with Gasteiger partial charge in [-0.05, 0) is 23.3 Å². The van der Waals surface area contributed by atoms with E-state index in [0.717, 1.165) is 16.8 Å². The highest BCUT2D eigenvalue weighted by Gasteiger charge is 2.09. The van der Waals surface area contributed by atoms with Crippen LogP contribution in [-0.2, 0) is 6.42 Å². The topological polar surface area (TPSA) is 36.2 Å². The Bertz CT molecular complexity index is 855. The Labute approximate surface area is 147 Å². The van der Waals surface area contributed by atoms with Gasteiger partial charge in [-0.2, -0.15) is 0 Å². The minimum absolute atomic E-state index is 0.176. The van der Waals surface area contributed by atoms with E-state index < -0.39 is 0 Å². The van der Waals surface area contributed by atoms with Gasteiger partial charge in [-0.25, -0.2) is 4.99 Å². The van der Waals surface area contributed by atoms with Crippen molar-refractivity contribution in [3.05, 3.63) is 107 Å². The highest BCUT2D eigenvalue weighted by molar-refractivity contribution is 6.34. The van der Waals surface area contributed by atoms with Gasteiger partial charge in [0.15, 0.2) is 5.84 Å². The Kier molecular flexibility index (Phi) is 5.19. The molecule has 1 N–H and O–H groups in total. The van der Waals surface area contributed by atoms with Crippen LogP contribution in [0.4, 0.5) is 0 Å². The van der Waals surface area contributed by atoms with E-state index in [1.807, 2.05) is 66.7 Å². The quantitative estimate of drug-likeness (QED) is 0.490. The molecule has 0 aliphatic heterocycles. The SMILES string of the molecule is N=C(N=C(Cc1ccccc1)c1ccccc1)c1ccccc1Cl. The van der Waals surface area contributed by atoms with E-state index in [1.54, 1.807) is 6.07 Å². The normalized spacial score (nSPS) is 11.3. The highest BCUT2D eigenvalue weighted by Crippen LogP contribution is 2.17. The molecule has 0 saturated heterocycles. The van der Waals surface area contributed by atoms with Crippen molar-refractivity contribution < 1.29 is 0 Å². The van der Waals surface area contributed by atoms with Gasteiger partial charge in [0.25, 0.3) is 0 Å². The van der Waals surface area contributed by atoms with E-state index in [1.165, 1.54) is 0 Å². The Morgan fingerprint density at radius 1 is 0.792 bits per heavy atom. The second-order valence-corrected chi connectivity index (χ2v) is 5.82. The van der Waals surface area contributed by atoms with E-state index in [4.69, 9.17) is 17.0 Å². The predicted octanol–water partition coefficient (Wildman–Crippen LogP) is 5.40. The summed E-state index contributed by atoms with van der Waals surface area (Å²) in [4.78, 5) is 4.59. The summed E-state index contributed by atoms with van der Waals surface area (Å²) in [6.07, 6.45) is 0.664. The van der Waals surface area contributed by atoms with Gasteiger partial charge in [0.2, 0.25) is 0 Å². The number of halogens is 1. The van der Waals surface area contributed by atoms with Crippen LogP contribution >= 0.6 is 11.6 Å². The van der Waals surface area contributed by atoms with Gasteiger partial charge < -0.3 is 0 Å². The maximum atomic E-state index is 8.34. The molecule has 0 spiro atoms. The van der Waals surface area contributed by atoms with Gasteiger partial charge in [-0.3, -0.25) is 5.41 Å². The third-order valence-electron chi connectivity index (χ3n) is 3.70. The fourth-order valence-corrected chi connectivity index (χ4v) is 2.70. The minimum atomic E-state index is 0.176. The second-order valence-electron chi connectivity index (χ2n) is 5.42. The van der Waals surface area contributed by atoms with Gasteiger partial charge in [0.1, 0.15) is 0 Å². The van der Waals surface area contributed by atoms with Crippen molar-refractivity contribution in [2.24, 2.45) is 4.99 Å². The summed E-state index contributed by atoms with van der Waals surface area (Å²) >= 11 is 6.20. The number of nitrogens with one attached hydrogen (secondary N) is 1. The zero-order chi connectivity index (χ0) is 16.8. The molecule has 0 fully saturated rings. The molecule has 0 saturated carbocycles. The molecule has 3 aromatic carbocycles. The number of rotatable bonds is 4. The van der Waals surface area contributed by atoms with Crippen LogP contribution < -0.4 is 0 Å². The average molecular weight is 333 g/mol. The maximum Gasteiger partial charge on any atom is 0.153 e. The van der Waals surface area contributed by atoms with E-state index in [-0.39, 0.29) is 5.84 Å². The average Bonchev–Trinajstić information content (AvgIpc) is 2.63. The molecule has 3 heteroatoms. The molecule has 118 valence electrons. The largest absolute Gasteiger partial charge is 0.282 e. The van der Waals surface area contributed by atoms with Crippen LogP contribution in [0.3, 0.4) is 0 Å². The zero-order valence-corrected chi connectivity index (χ0v) is 13.9. The monoisotopic (exact) mass is 332 g/mol. The van der Waals surface area contributed by atoms with Gasteiger partial charge in [-0.1, -0.05) is 84.4 Å². The first kappa shape index (κ1) is 16.2. The Morgan fingerprint density at radius 2 is 1.38 bits per heavy atom. The summed E-state index contributed by atoms with van der Waals surface area (Å²) in [6.45, 7) is 0. The molecule has 0 aliphatic rings. The van der Waals surface area contributed by atoms with Crippen LogP contribution in [0.5, 0.6) is 0 Å². The molecule has 0 unspecified atom stereocenters. The van der Waals surface area contributed by atoms with Crippen molar-refractivity contribution in [1.82, 2.24) is 0 Å². The molecule has 24 heavy (non-hydrogen) atoms. The third kappa shape index (κ3) is 3.98. The van der Waals surface area contributed by atoms with Gasteiger partial charge >= 0.3 is 0 Å². The molecule has 3 aromatic rings. The third-order valence-corrected chi connectivity index (χ3v) is 4.03. The summed E-state index contributed by atoms with van der Waals surface area (Å²) in [7, 11) is 0. The van der Waals surface area contributed by atoms with E-state index in [2.05, 4.69) is 17.1 Å². The standard InChI is InChI=1S/C21H17ClN2/c22-19-14-8-7-13-18(19)21(23)24-20(17-11-5-2-6-12-17)15-16-9-3-1-4-10-16/h1-14,23H,15H2. The molecule has 2 nitrogen and oxygen atoms in total. The van der Waals surface area contributed by atoms with Gasteiger partial charge in [-0.15, -0.1) is 0 Å². The van der Waals surface area contributed by atoms with E-state index in [9.17, 15) is 0 Å². The molecule has 0 aliphatic carbocycles. The molecule has 0 bridgehead atoms. The Balaban J connectivity index is 1.98. The lowest BCUT2D eigenvalue weighted by Crippen LogP contribution is -2.09. The summed E-state index contributed by atoms with van der Waals surface area (Å²) < 4.78 is 0. The number of benzene rings is 3. The van der Waals surface area contributed by atoms with Crippen LogP contribution in [0.15, 0.2) is 89.9 Å². The van der Waals surface area contributed by atoms with Crippen molar-refractivity contribution in [3.8, 4) is 0 Å². The van der Waals surface area contributed by atoms with E-state index in [0.29, 0.717) is 17.0 Å². The van der Waals surface area contributed by atoms with Crippen LogP contribution in [-0.4, -0.2) is 11.5 Å². The molecule has 0 amide bonds. The van der Waals surface area contributed by atoms with Crippen molar-refractivity contribution in [1.29, 1.82) is 5.41 Å². The summed E-state index contributed by atoms with van der Waals surface area (Å²) in [5, 5.41) is 8.88. The highest BCUT2D eigenvalue weighted by atomic mass is 35.5. The lowest BCUT2D eigenvalue weighted by molar-refractivity contribution is 1.30. The maximum absolute atomic E-state index is 8.34. The number of aliphatic imine (C=N–C) groups is 1. The molecule has 0 heterocycles. The lowest BCUT2D eigenvalue weighted by Gasteiger charge is -2.09. The van der Waals surface area contributed by atoms with Crippen molar-refractivity contribution in [3.63, 3.8) is 0 Å². The van der Waals surface area contributed by atoms with Crippen molar-refractivity contribution >= 4 is 23.1 Å². The Morgan fingerprint density at radius 3 is 2.04 bits per heavy atom. The summed E-state index contributed by atoms with van der Waals surface area (Å²) in [5.74, 6) is 0.176. The summed E-state index contributed by atoms with van der Waals surface area (Å²) in [5.41, 5.74) is 3.66. The smallest absolute Gasteiger partial charge is 0.153 e. The fourth-order valence-electron chi connectivity index (χ4n) is 2.47. The van der Waals surface area contributed by atoms with E-state index >= 15 is 0 Å².